The average molecular weight is 402 g/mol. The summed E-state index contributed by atoms with van der Waals surface area (Å²) < 4.78 is 26.8. The summed E-state index contributed by atoms with van der Waals surface area (Å²) in [7, 11) is 1.43. The van der Waals surface area contributed by atoms with Gasteiger partial charge in [-0.1, -0.05) is 18.2 Å². The van der Waals surface area contributed by atoms with Gasteiger partial charge in [-0.05, 0) is 22.9 Å². The number of rotatable bonds is 5. The second kappa shape index (κ2) is 7.09. The van der Waals surface area contributed by atoms with E-state index in [9.17, 15) is 14.6 Å². The molecule has 2 aromatic carbocycles. The lowest BCUT2D eigenvalue weighted by atomic mass is 10.1. The second-order valence-electron chi connectivity index (χ2n) is 5.83. The first-order chi connectivity index (χ1) is 13.1. The Labute approximate surface area is 162 Å². The number of benzene rings is 2. The predicted octanol–water partition coefficient (Wildman–Crippen LogP) is 5.77. The summed E-state index contributed by atoms with van der Waals surface area (Å²) in [5.74, 6) is -0.236. The van der Waals surface area contributed by atoms with Crippen LogP contribution in [0, 0.1) is 5.82 Å². The summed E-state index contributed by atoms with van der Waals surface area (Å²) in [6.07, 6.45) is 0. The topological polar surface area (TPSA) is 58.9 Å². The maximum Gasteiger partial charge on any atom is 0.183 e. The van der Waals surface area contributed by atoms with Crippen molar-refractivity contribution in [3.8, 4) is 33.4 Å². The number of halogens is 1. The quantitative estimate of drug-likeness (QED) is 0.445. The number of hydrogen-bond donors (Lipinski definition) is 2. The van der Waals surface area contributed by atoms with Gasteiger partial charge in [0.15, 0.2) is 16.6 Å². The van der Waals surface area contributed by atoms with Crippen LogP contribution in [0.15, 0.2) is 47.2 Å². The number of thiophene rings is 2. The lowest BCUT2D eigenvalue weighted by molar-refractivity contribution is 0.285. The van der Waals surface area contributed by atoms with E-state index in [-0.39, 0.29) is 34.3 Å². The molecule has 138 valence electrons. The largest absolute Gasteiger partial charge is 0.506 e. The van der Waals surface area contributed by atoms with Crippen LogP contribution in [0.3, 0.4) is 0 Å². The molecule has 0 fully saturated rings. The molecule has 4 rings (SSSR count). The predicted molar refractivity (Wildman–Crippen MR) is 106 cm³/mol. The highest BCUT2D eigenvalue weighted by Crippen LogP contribution is 2.46. The van der Waals surface area contributed by atoms with Gasteiger partial charge >= 0.3 is 0 Å². The van der Waals surface area contributed by atoms with Crippen LogP contribution in [0.1, 0.15) is 5.56 Å². The molecule has 0 radical (unpaired) electrons. The molecule has 0 aliphatic rings. The van der Waals surface area contributed by atoms with E-state index >= 15 is 0 Å². The molecule has 0 spiro atoms. The van der Waals surface area contributed by atoms with Crippen molar-refractivity contribution in [2.45, 2.75) is 6.61 Å². The van der Waals surface area contributed by atoms with E-state index in [1.165, 1.54) is 24.6 Å². The van der Waals surface area contributed by atoms with Gasteiger partial charge in [0.05, 0.1) is 12.7 Å². The average Bonchev–Trinajstić information content (AvgIpc) is 3.24. The summed E-state index contributed by atoms with van der Waals surface area (Å²) in [4.78, 5) is 0. The smallest absolute Gasteiger partial charge is 0.183 e. The highest BCUT2D eigenvalue weighted by atomic mass is 32.1. The van der Waals surface area contributed by atoms with Crippen molar-refractivity contribution in [3.05, 3.63) is 58.5 Å². The van der Waals surface area contributed by atoms with Crippen molar-refractivity contribution in [2.75, 3.05) is 7.11 Å². The van der Waals surface area contributed by atoms with E-state index in [0.29, 0.717) is 5.75 Å². The van der Waals surface area contributed by atoms with E-state index in [1.807, 2.05) is 29.6 Å². The van der Waals surface area contributed by atoms with Gasteiger partial charge in [0, 0.05) is 27.3 Å². The van der Waals surface area contributed by atoms with Crippen LogP contribution in [-0.4, -0.2) is 17.3 Å². The number of ether oxygens (including phenoxy) is 2. The summed E-state index contributed by atoms with van der Waals surface area (Å²) in [6.45, 7) is 0.285. The molecular weight excluding hydrogens is 387 g/mol. The molecule has 2 N–H and O–H groups in total. The van der Waals surface area contributed by atoms with Crippen molar-refractivity contribution in [2.24, 2.45) is 0 Å². The fourth-order valence-electron chi connectivity index (χ4n) is 2.89. The molecule has 0 atom stereocenters. The molecule has 27 heavy (non-hydrogen) atoms. The molecule has 0 bridgehead atoms. The molecule has 4 nitrogen and oxygen atoms in total. The van der Waals surface area contributed by atoms with E-state index in [1.54, 1.807) is 11.3 Å². The van der Waals surface area contributed by atoms with Gasteiger partial charge in [-0.2, -0.15) is 0 Å². The first-order valence-corrected chi connectivity index (χ1v) is 9.79. The molecule has 4 aromatic rings. The van der Waals surface area contributed by atoms with Gasteiger partial charge in [0.2, 0.25) is 0 Å². The zero-order valence-electron chi connectivity index (χ0n) is 14.2. The summed E-state index contributed by atoms with van der Waals surface area (Å²) >= 11 is 2.56. The van der Waals surface area contributed by atoms with Crippen LogP contribution in [0.2, 0.25) is 0 Å². The second-order valence-corrected chi connectivity index (χ2v) is 7.60. The van der Waals surface area contributed by atoms with Crippen molar-refractivity contribution in [1.29, 1.82) is 0 Å². The maximum absolute atomic E-state index is 14.5. The van der Waals surface area contributed by atoms with E-state index < -0.39 is 5.82 Å². The minimum Gasteiger partial charge on any atom is -0.506 e. The maximum atomic E-state index is 14.5. The highest BCUT2D eigenvalue weighted by Gasteiger charge is 2.20. The highest BCUT2D eigenvalue weighted by molar-refractivity contribution is 7.17. The van der Waals surface area contributed by atoms with E-state index in [4.69, 9.17) is 9.47 Å². The summed E-state index contributed by atoms with van der Waals surface area (Å²) in [6, 6.07) is 10.6. The molecule has 0 unspecified atom stereocenters. The number of fused-ring (bicyclic) bond motifs is 1. The van der Waals surface area contributed by atoms with Crippen LogP contribution >= 0.6 is 22.7 Å². The minimum atomic E-state index is -0.621. The van der Waals surface area contributed by atoms with Crippen molar-refractivity contribution in [3.63, 3.8) is 0 Å². The molecule has 7 heteroatoms. The van der Waals surface area contributed by atoms with Gasteiger partial charge in [-0.25, -0.2) is 4.39 Å². The van der Waals surface area contributed by atoms with Crippen LogP contribution in [0.4, 0.5) is 4.39 Å². The molecular formula is C20H15FO4S2. The monoisotopic (exact) mass is 402 g/mol. The summed E-state index contributed by atoms with van der Waals surface area (Å²) in [5, 5.41) is 24.2. The first-order valence-electron chi connectivity index (χ1n) is 8.03. The van der Waals surface area contributed by atoms with Crippen molar-refractivity contribution < 1.29 is 24.1 Å². The number of aromatic hydroxyl groups is 2. The Kier molecular flexibility index (Phi) is 4.63. The Morgan fingerprint density at radius 3 is 2.59 bits per heavy atom. The zero-order valence-corrected chi connectivity index (χ0v) is 15.9. The van der Waals surface area contributed by atoms with Crippen molar-refractivity contribution in [1.82, 2.24) is 0 Å². The van der Waals surface area contributed by atoms with Crippen LogP contribution in [-0.2, 0) is 6.61 Å². The number of methoxy groups -OCH3 is 1. The third kappa shape index (κ3) is 3.20. The van der Waals surface area contributed by atoms with Gasteiger partial charge < -0.3 is 19.7 Å². The lowest BCUT2D eigenvalue weighted by Crippen LogP contribution is -1.99. The molecule has 0 amide bonds. The van der Waals surface area contributed by atoms with Gasteiger partial charge in [0.25, 0.3) is 0 Å². The fourth-order valence-corrected chi connectivity index (χ4v) is 4.51. The van der Waals surface area contributed by atoms with E-state index in [2.05, 4.69) is 0 Å². The molecule has 2 heterocycles. The molecule has 0 saturated carbocycles. The van der Waals surface area contributed by atoms with Crippen LogP contribution < -0.4 is 9.47 Å². The van der Waals surface area contributed by atoms with Crippen LogP contribution in [0.25, 0.3) is 21.2 Å². The Morgan fingerprint density at radius 1 is 1.04 bits per heavy atom. The fraction of sp³-hybridized carbons (Fsp3) is 0.100. The summed E-state index contributed by atoms with van der Waals surface area (Å²) in [5.41, 5.74) is 1.12. The normalized spacial score (nSPS) is 11.0. The van der Waals surface area contributed by atoms with Crippen LogP contribution in [0.5, 0.6) is 22.3 Å². The Morgan fingerprint density at radius 2 is 1.85 bits per heavy atom. The zero-order chi connectivity index (χ0) is 19.0. The molecule has 0 aliphatic heterocycles. The van der Waals surface area contributed by atoms with Gasteiger partial charge in [-0.15, -0.1) is 22.7 Å². The third-order valence-electron chi connectivity index (χ3n) is 4.22. The Bertz CT molecular complexity index is 1100. The lowest BCUT2D eigenvalue weighted by Gasteiger charge is -2.13. The van der Waals surface area contributed by atoms with E-state index in [0.717, 1.165) is 27.0 Å². The Hall–Kier alpha value is -2.77. The van der Waals surface area contributed by atoms with Crippen molar-refractivity contribution >= 4 is 32.8 Å². The third-order valence-corrected chi connectivity index (χ3v) is 6.00. The molecule has 2 aromatic heterocycles. The molecule has 0 aliphatic carbocycles. The standard InChI is InChI=1S/C20H15FO4S2/c1-24-16-7-14(21)13(19-15(22)10-27-20(19)23)6-17(16)25-8-11-9-26-18-5-3-2-4-12(11)18/h2-7,9-10,22-23H,8H2,1H3. The minimum absolute atomic E-state index is 0.0472. The first kappa shape index (κ1) is 17.6. The Balaban J connectivity index is 1.70. The SMILES string of the molecule is COc1cc(F)c(-c2c(O)csc2O)cc1OCc1csc2ccccc12. The van der Waals surface area contributed by atoms with Gasteiger partial charge in [-0.3, -0.25) is 0 Å². The van der Waals surface area contributed by atoms with Gasteiger partial charge in [0.1, 0.15) is 18.2 Å². The molecule has 0 saturated heterocycles. The number of hydrogen-bond acceptors (Lipinski definition) is 6.